The maximum absolute atomic E-state index is 13.0. The minimum Gasteiger partial charge on any atom is -0.493 e. The predicted molar refractivity (Wildman–Crippen MR) is 101 cm³/mol. The molecule has 1 fully saturated rings. The van der Waals surface area contributed by atoms with E-state index in [4.69, 9.17) is 9.47 Å². The van der Waals surface area contributed by atoms with Crippen LogP contribution in [-0.4, -0.2) is 38.2 Å². The van der Waals surface area contributed by atoms with Crippen molar-refractivity contribution in [2.24, 2.45) is 0 Å². The second kappa shape index (κ2) is 9.01. The van der Waals surface area contributed by atoms with Crippen molar-refractivity contribution in [3.05, 3.63) is 59.4 Å². The summed E-state index contributed by atoms with van der Waals surface area (Å²) in [6.45, 7) is 3.50. The molecule has 0 bridgehead atoms. The van der Waals surface area contributed by atoms with Crippen molar-refractivity contribution in [1.82, 2.24) is 10.2 Å². The zero-order chi connectivity index (χ0) is 18.4. The summed E-state index contributed by atoms with van der Waals surface area (Å²) < 4.78 is 24.3. The number of ether oxygens (including phenoxy) is 2. The average Bonchev–Trinajstić information content (AvgIpc) is 2.67. The molecule has 0 aliphatic carbocycles. The molecular weight excluding hydrogens is 331 g/mol. The lowest BCUT2D eigenvalue weighted by molar-refractivity contribution is 0.234. The zero-order valence-electron chi connectivity index (χ0n) is 15.5. The van der Waals surface area contributed by atoms with E-state index in [1.165, 1.54) is 30.5 Å². The molecule has 4 nitrogen and oxygen atoms in total. The van der Waals surface area contributed by atoms with Crippen LogP contribution < -0.4 is 14.8 Å². The topological polar surface area (TPSA) is 33.7 Å². The van der Waals surface area contributed by atoms with Crippen molar-refractivity contribution in [2.45, 2.75) is 32.0 Å². The minimum atomic E-state index is -0.243. The van der Waals surface area contributed by atoms with Crippen LogP contribution in [0.5, 0.6) is 11.5 Å². The summed E-state index contributed by atoms with van der Waals surface area (Å²) in [7, 11) is 3.82. The third kappa shape index (κ3) is 5.19. The van der Waals surface area contributed by atoms with Crippen molar-refractivity contribution in [3.63, 3.8) is 0 Å². The van der Waals surface area contributed by atoms with E-state index in [1.807, 2.05) is 12.1 Å². The number of benzene rings is 2. The monoisotopic (exact) mass is 358 g/mol. The minimum absolute atomic E-state index is 0.243. The quantitative estimate of drug-likeness (QED) is 0.820. The highest BCUT2D eigenvalue weighted by Crippen LogP contribution is 2.29. The number of piperidine rings is 1. The highest BCUT2D eigenvalue weighted by molar-refractivity contribution is 5.43. The molecule has 0 unspecified atom stereocenters. The Kier molecular flexibility index (Phi) is 6.47. The fourth-order valence-corrected chi connectivity index (χ4v) is 3.16. The molecule has 1 heterocycles. The molecule has 2 aromatic rings. The van der Waals surface area contributed by atoms with Crippen molar-refractivity contribution >= 4 is 0 Å². The van der Waals surface area contributed by atoms with Gasteiger partial charge in [-0.05, 0) is 68.4 Å². The average molecular weight is 358 g/mol. The van der Waals surface area contributed by atoms with E-state index in [2.05, 4.69) is 23.3 Å². The number of hydrogen-bond acceptors (Lipinski definition) is 4. The number of nitrogens with one attached hydrogen (secondary N) is 1. The van der Waals surface area contributed by atoms with Crippen molar-refractivity contribution in [1.29, 1.82) is 0 Å². The number of nitrogens with zero attached hydrogens (tertiary/aromatic N) is 1. The Morgan fingerprint density at radius 2 is 1.73 bits per heavy atom. The molecule has 26 heavy (non-hydrogen) atoms. The molecule has 0 aromatic heterocycles. The summed E-state index contributed by atoms with van der Waals surface area (Å²) in [5.74, 6) is 1.17. The first kappa shape index (κ1) is 18.7. The first-order valence-corrected chi connectivity index (χ1v) is 9.10. The molecule has 2 aromatic carbocycles. The Morgan fingerprint density at radius 1 is 1.04 bits per heavy atom. The third-order valence-electron chi connectivity index (χ3n) is 4.85. The molecule has 5 heteroatoms. The molecule has 0 amide bonds. The van der Waals surface area contributed by atoms with Crippen molar-refractivity contribution in [3.8, 4) is 11.5 Å². The Hall–Kier alpha value is -2.11. The lowest BCUT2D eigenvalue weighted by atomic mass is 10.1. The van der Waals surface area contributed by atoms with Crippen molar-refractivity contribution in [2.75, 3.05) is 27.2 Å². The van der Waals surface area contributed by atoms with E-state index in [0.29, 0.717) is 18.4 Å². The molecule has 0 spiro atoms. The molecule has 140 valence electrons. The zero-order valence-corrected chi connectivity index (χ0v) is 15.5. The Bertz CT molecular complexity index is 698. The van der Waals surface area contributed by atoms with Gasteiger partial charge in [0, 0.05) is 12.6 Å². The van der Waals surface area contributed by atoms with Gasteiger partial charge in [-0.3, -0.25) is 0 Å². The van der Waals surface area contributed by atoms with Crippen LogP contribution in [0.1, 0.15) is 24.0 Å². The molecule has 1 aliphatic rings. The van der Waals surface area contributed by atoms with Gasteiger partial charge in [0.05, 0.1) is 7.11 Å². The first-order chi connectivity index (χ1) is 12.6. The number of likely N-dealkylation sites (tertiary alicyclic amines) is 1. The first-order valence-electron chi connectivity index (χ1n) is 9.10. The van der Waals surface area contributed by atoms with Gasteiger partial charge in [-0.1, -0.05) is 18.2 Å². The summed E-state index contributed by atoms with van der Waals surface area (Å²) >= 11 is 0. The molecular formula is C21H27FN2O2. The van der Waals surface area contributed by atoms with Crippen LogP contribution in [-0.2, 0) is 13.2 Å². The number of halogens is 1. The van der Waals surface area contributed by atoms with Crippen molar-refractivity contribution < 1.29 is 13.9 Å². The lowest BCUT2D eigenvalue weighted by Crippen LogP contribution is -2.40. The SMILES string of the molecule is COc1cc(CNC2CCN(C)CC2)ccc1OCc1ccc(F)cc1. The van der Waals surface area contributed by atoms with Crippen LogP contribution in [0.4, 0.5) is 4.39 Å². The van der Waals surface area contributed by atoms with Gasteiger partial charge in [-0.15, -0.1) is 0 Å². The maximum Gasteiger partial charge on any atom is 0.161 e. The van der Waals surface area contributed by atoms with Crippen LogP contribution >= 0.6 is 0 Å². The summed E-state index contributed by atoms with van der Waals surface area (Å²) in [6.07, 6.45) is 2.37. The van der Waals surface area contributed by atoms with E-state index in [9.17, 15) is 4.39 Å². The van der Waals surface area contributed by atoms with Crippen LogP contribution in [0.3, 0.4) is 0 Å². The van der Waals surface area contributed by atoms with Crippen LogP contribution in [0.2, 0.25) is 0 Å². The molecule has 1 aliphatic heterocycles. The summed E-state index contributed by atoms with van der Waals surface area (Å²) in [6, 6.07) is 12.9. The van der Waals surface area contributed by atoms with Gasteiger partial charge in [0.2, 0.25) is 0 Å². The second-order valence-corrected chi connectivity index (χ2v) is 6.86. The highest BCUT2D eigenvalue weighted by atomic mass is 19.1. The van der Waals surface area contributed by atoms with Gasteiger partial charge in [0.1, 0.15) is 12.4 Å². The van der Waals surface area contributed by atoms with Crippen LogP contribution in [0, 0.1) is 5.82 Å². The molecule has 1 saturated heterocycles. The third-order valence-corrected chi connectivity index (χ3v) is 4.85. The Morgan fingerprint density at radius 3 is 2.42 bits per heavy atom. The van der Waals surface area contributed by atoms with Crippen LogP contribution in [0.25, 0.3) is 0 Å². The number of rotatable bonds is 7. The largest absolute Gasteiger partial charge is 0.493 e. The van der Waals surface area contributed by atoms with E-state index in [1.54, 1.807) is 19.2 Å². The highest BCUT2D eigenvalue weighted by Gasteiger charge is 2.16. The smallest absolute Gasteiger partial charge is 0.161 e. The fraction of sp³-hybridized carbons (Fsp3) is 0.429. The molecule has 0 radical (unpaired) electrons. The van der Waals surface area contributed by atoms with Gasteiger partial charge in [-0.2, -0.15) is 0 Å². The lowest BCUT2D eigenvalue weighted by Gasteiger charge is -2.29. The van der Waals surface area contributed by atoms with E-state index in [0.717, 1.165) is 30.9 Å². The number of hydrogen-bond donors (Lipinski definition) is 1. The van der Waals surface area contributed by atoms with Gasteiger partial charge in [-0.25, -0.2) is 4.39 Å². The van der Waals surface area contributed by atoms with Gasteiger partial charge in [0.15, 0.2) is 11.5 Å². The molecule has 1 N–H and O–H groups in total. The molecule has 3 rings (SSSR count). The summed E-state index contributed by atoms with van der Waals surface area (Å²) in [5.41, 5.74) is 2.09. The second-order valence-electron chi connectivity index (χ2n) is 6.86. The van der Waals surface area contributed by atoms with E-state index in [-0.39, 0.29) is 5.82 Å². The van der Waals surface area contributed by atoms with Gasteiger partial charge < -0.3 is 19.7 Å². The van der Waals surface area contributed by atoms with E-state index < -0.39 is 0 Å². The fourth-order valence-electron chi connectivity index (χ4n) is 3.16. The summed E-state index contributed by atoms with van der Waals surface area (Å²) in [5, 5.41) is 3.63. The van der Waals surface area contributed by atoms with Gasteiger partial charge in [0.25, 0.3) is 0 Å². The molecule has 0 saturated carbocycles. The Balaban J connectivity index is 1.55. The molecule has 0 atom stereocenters. The normalized spacial score (nSPS) is 15.8. The standard InChI is InChI=1S/C21H27FN2O2/c1-24-11-9-19(10-12-24)23-14-17-5-8-20(21(13-17)25-2)26-15-16-3-6-18(22)7-4-16/h3-8,13,19,23H,9-12,14-15H2,1-2H3. The van der Waals surface area contributed by atoms with Gasteiger partial charge >= 0.3 is 0 Å². The van der Waals surface area contributed by atoms with Crippen LogP contribution in [0.15, 0.2) is 42.5 Å². The van der Waals surface area contributed by atoms with E-state index >= 15 is 0 Å². The maximum atomic E-state index is 13.0. The predicted octanol–water partition coefficient (Wildman–Crippen LogP) is 3.60. The summed E-state index contributed by atoms with van der Waals surface area (Å²) in [4.78, 5) is 2.37. The Labute approximate surface area is 154 Å². The number of methoxy groups -OCH3 is 1.